The Morgan fingerprint density at radius 3 is 2.83 bits per heavy atom. The van der Waals surface area contributed by atoms with Gasteiger partial charge in [0.15, 0.2) is 5.03 Å². The summed E-state index contributed by atoms with van der Waals surface area (Å²) >= 11 is 0. The van der Waals surface area contributed by atoms with E-state index in [0.29, 0.717) is 5.82 Å². The number of aromatic nitrogens is 2. The molecule has 0 saturated heterocycles. The molecule has 1 aromatic rings. The van der Waals surface area contributed by atoms with E-state index in [9.17, 15) is 13.2 Å². The number of aryl methyl sites for hydroxylation is 1. The highest BCUT2D eigenvalue weighted by atomic mass is 35.7. The largest absolute Gasteiger partial charge is 0.354 e. The minimum atomic E-state index is -3.90. The van der Waals surface area contributed by atoms with E-state index in [1.807, 2.05) is 6.07 Å². The number of halogens is 1. The summed E-state index contributed by atoms with van der Waals surface area (Å²) in [5.41, 5.74) is 0. The summed E-state index contributed by atoms with van der Waals surface area (Å²) in [6.07, 6.45) is 1.41. The van der Waals surface area contributed by atoms with Crippen LogP contribution in [-0.4, -0.2) is 30.4 Å². The highest BCUT2D eigenvalue weighted by Crippen LogP contribution is 2.13. The summed E-state index contributed by atoms with van der Waals surface area (Å²) in [6, 6.07) is 1.89. The Bertz CT molecular complexity index is 587. The van der Waals surface area contributed by atoms with Gasteiger partial charge in [0.25, 0.3) is 9.05 Å². The Labute approximate surface area is 109 Å². The molecule has 1 heterocycles. The van der Waals surface area contributed by atoms with Gasteiger partial charge in [-0.1, -0.05) is 0 Å². The van der Waals surface area contributed by atoms with Crippen LogP contribution >= 0.6 is 10.7 Å². The fraction of sp³-hybridized carbons (Fsp3) is 0.444. The molecular weight excluding hydrogens is 280 g/mol. The van der Waals surface area contributed by atoms with Crippen LogP contribution in [0.3, 0.4) is 0 Å². The summed E-state index contributed by atoms with van der Waals surface area (Å²) in [6.45, 7) is 1.74. The number of rotatable bonds is 5. The predicted molar refractivity (Wildman–Crippen MR) is 63.2 cm³/mol. The third-order valence-electron chi connectivity index (χ3n) is 2.08. The fourth-order valence-corrected chi connectivity index (χ4v) is 1.94. The summed E-state index contributed by atoms with van der Waals surface area (Å²) < 4.78 is 23.5. The van der Waals surface area contributed by atoms with Gasteiger partial charge in [0, 0.05) is 23.4 Å². The van der Waals surface area contributed by atoms with Crippen molar-refractivity contribution in [1.82, 2.24) is 14.9 Å². The molecule has 0 aliphatic rings. The van der Waals surface area contributed by atoms with Crippen LogP contribution in [0.15, 0.2) is 11.2 Å². The highest BCUT2D eigenvalue weighted by Gasteiger charge is 2.17. The first-order valence-electron chi connectivity index (χ1n) is 4.96. The van der Waals surface area contributed by atoms with Gasteiger partial charge >= 0.3 is 0 Å². The van der Waals surface area contributed by atoms with Crippen LogP contribution in [0.1, 0.15) is 12.2 Å². The van der Waals surface area contributed by atoms with Crippen LogP contribution in [0, 0.1) is 18.3 Å². The van der Waals surface area contributed by atoms with E-state index in [0.717, 1.165) is 0 Å². The molecule has 0 aromatic carbocycles. The highest BCUT2D eigenvalue weighted by molar-refractivity contribution is 8.13. The number of hydrogen-bond donors (Lipinski definition) is 1. The Balaban J connectivity index is 2.72. The van der Waals surface area contributed by atoms with Crippen molar-refractivity contribution in [2.75, 3.05) is 6.54 Å². The lowest BCUT2D eigenvalue weighted by Gasteiger charge is -2.04. The van der Waals surface area contributed by atoms with Gasteiger partial charge in [-0.15, -0.1) is 0 Å². The average Bonchev–Trinajstić information content (AvgIpc) is 2.60. The van der Waals surface area contributed by atoms with Crippen molar-refractivity contribution >= 4 is 25.6 Å². The fourth-order valence-electron chi connectivity index (χ4n) is 1.23. The molecular formula is C9H11ClN4O3S. The maximum atomic E-state index is 11.4. The van der Waals surface area contributed by atoms with Crippen LogP contribution in [0.5, 0.6) is 0 Å². The number of amides is 1. The van der Waals surface area contributed by atoms with E-state index >= 15 is 0 Å². The lowest BCUT2D eigenvalue weighted by atomic mass is 10.4. The zero-order valence-corrected chi connectivity index (χ0v) is 11.1. The normalized spacial score (nSPS) is 10.9. The molecule has 1 aromatic heterocycles. The molecule has 98 valence electrons. The summed E-state index contributed by atoms with van der Waals surface area (Å²) in [5, 5.41) is 10.5. The standard InChI is InChI=1S/C9H11ClN4O3S/c1-7-13-9(18(10,16)17)6-14(7)5-8(15)12-4-2-3-11/h6H,2,4-5H2,1H3,(H,12,15). The minimum absolute atomic E-state index is 0.0727. The second kappa shape index (κ2) is 5.84. The van der Waals surface area contributed by atoms with Gasteiger partial charge in [0.2, 0.25) is 5.91 Å². The Kier molecular flexibility index (Phi) is 4.69. The van der Waals surface area contributed by atoms with Crippen molar-refractivity contribution in [3.63, 3.8) is 0 Å². The number of imidazole rings is 1. The maximum absolute atomic E-state index is 11.4. The lowest BCUT2D eigenvalue weighted by molar-refractivity contribution is -0.121. The molecule has 1 rings (SSSR count). The number of carbonyl (C=O) groups is 1. The molecule has 0 unspecified atom stereocenters. The topological polar surface area (TPSA) is 105 Å². The summed E-state index contributed by atoms with van der Waals surface area (Å²) in [5.74, 6) is 0.0360. The van der Waals surface area contributed by atoms with E-state index in [1.54, 1.807) is 6.92 Å². The Hall–Kier alpha value is -1.59. The van der Waals surface area contributed by atoms with E-state index in [-0.39, 0.29) is 30.4 Å². The molecule has 1 N–H and O–H groups in total. The third-order valence-corrected chi connectivity index (χ3v) is 3.25. The van der Waals surface area contributed by atoms with Gasteiger partial charge in [-0.3, -0.25) is 4.79 Å². The van der Waals surface area contributed by atoms with Crippen molar-refractivity contribution < 1.29 is 13.2 Å². The van der Waals surface area contributed by atoms with Crippen LogP contribution in [0.25, 0.3) is 0 Å². The maximum Gasteiger partial charge on any atom is 0.280 e. The quantitative estimate of drug-likeness (QED) is 0.614. The van der Waals surface area contributed by atoms with Crippen LogP contribution < -0.4 is 5.32 Å². The first kappa shape index (κ1) is 14.5. The van der Waals surface area contributed by atoms with E-state index in [4.69, 9.17) is 15.9 Å². The molecule has 0 radical (unpaired) electrons. The van der Waals surface area contributed by atoms with Crippen molar-refractivity contribution in [1.29, 1.82) is 5.26 Å². The van der Waals surface area contributed by atoms with Crippen LogP contribution in [0.4, 0.5) is 0 Å². The molecule has 0 saturated carbocycles. The molecule has 18 heavy (non-hydrogen) atoms. The zero-order chi connectivity index (χ0) is 13.8. The third kappa shape index (κ3) is 4.01. The Morgan fingerprint density at radius 2 is 2.33 bits per heavy atom. The molecule has 9 heteroatoms. The van der Waals surface area contributed by atoms with Crippen LogP contribution in [-0.2, 0) is 20.4 Å². The van der Waals surface area contributed by atoms with Crippen molar-refractivity contribution in [3.8, 4) is 6.07 Å². The van der Waals surface area contributed by atoms with Gasteiger partial charge in [0.05, 0.1) is 12.5 Å². The van der Waals surface area contributed by atoms with E-state index < -0.39 is 9.05 Å². The predicted octanol–water partition coefficient (Wildman–Crippen LogP) is 0.149. The second-order valence-corrected chi connectivity index (χ2v) is 5.96. The molecule has 1 amide bonds. The molecule has 7 nitrogen and oxygen atoms in total. The molecule has 0 spiro atoms. The monoisotopic (exact) mass is 290 g/mol. The number of nitrogens with one attached hydrogen (secondary N) is 1. The smallest absolute Gasteiger partial charge is 0.280 e. The Morgan fingerprint density at radius 1 is 1.67 bits per heavy atom. The van der Waals surface area contributed by atoms with Crippen molar-refractivity contribution in [2.24, 2.45) is 0 Å². The zero-order valence-electron chi connectivity index (χ0n) is 9.55. The molecule has 0 fully saturated rings. The van der Waals surface area contributed by atoms with Gasteiger partial charge < -0.3 is 9.88 Å². The van der Waals surface area contributed by atoms with Crippen molar-refractivity contribution in [3.05, 3.63) is 12.0 Å². The molecule has 0 aliphatic heterocycles. The van der Waals surface area contributed by atoms with Crippen LogP contribution in [0.2, 0.25) is 0 Å². The van der Waals surface area contributed by atoms with Gasteiger partial charge in [-0.25, -0.2) is 13.4 Å². The molecule has 0 bridgehead atoms. The number of hydrogen-bond acceptors (Lipinski definition) is 5. The summed E-state index contributed by atoms with van der Waals surface area (Å²) in [7, 11) is 1.25. The first-order valence-corrected chi connectivity index (χ1v) is 7.27. The number of nitriles is 1. The lowest BCUT2D eigenvalue weighted by Crippen LogP contribution is -2.28. The minimum Gasteiger partial charge on any atom is -0.354 e. The molecule has 0 atom stereocenters. The van der Waals surface area contributed by atoms with E-state index in [2.05, 4.69) is 10.3 Å². The molecule has 0 aliphatic carbocycles. The van der Waals surface area contributed by atoms with Gasteiger partial charge in [0.1, 0.15) is 12.4 Å². The number of nitrogens with zero attached hydrogens (tertiary/aromatic N) is 3. The SMILES string of the molecule is Cc1nc(S(=O)(=O)Cl)cn1CC(=O)NCCC#N. The average molecular weight is 291 g/mol. The first-order chi connectivity index (χ1) is 8.34. The number of carbonyl (C=O) groups excluding carboxylic acids is 1. The van der Waals surface area contributed by atoms with Crippen molar-refractivity contribution in [2.45, 2.75) is 24.9 Å². The second-order valence-electron chi connectivity index (χ2n) is 3.45. The van der Waals surface area contributed by atoms with Gasteiger partial charge in [-0.05, 0) is 6.92 Å². The summed E-state index contributed by atoms with van der Waals surface area (Å²) in [4.78, 5) is 15.2. The van der Waals surface area contributed by atoms with Gasteiger partial charge in [-0.2, -0.15) is 5.26 Å². The van der Waals surface area contributed by atoms with E-state index in [1.165, 1.54) is 10.8 Å².